The first-order valence-electron chi connectivity index (χ1n) is 8.56. The summed E-state index contributed by atoms with van der Waals surface area (Å²) >= 11 is 5.43. The zero-order valence-corrected chi connectivity index (χ0v) is 18.9. The summed E-state index contributed by atoms with van der Waals surface area (Å²) in [5.41, 5.74) is -0.0364. The van der Waals surface area contributed by atoms with Gasteiger partial charge in [0.25, 0.3) is 0 Å². The number of oxazole rings is 1. The van der Waals surface area contributed by atoms with E-state index in [1.807, 2.05) is 0 Å². The maximum Gasteiger partial charge on any atom is 0.229 e. The lowest BCUT2D eigenvalue weighted by molar-refractivity contribution is -0.120. The molecule has 1 aliphatic rings. The van der Waals surface area contributed by atoms with Crippen LogP contribution in [0.3, 0.4) is 0 Å². The van der Waals surface area contributed by atoms with Crippen LogP contribution in [0.4, 0.5) is 5.13 Å². The molecule has 0 unspecified atom stereocenters. The van der Waals surface area contributed by atoms with Crippen LogP contribution in [0, 0.1) is 5.92 Å². The van der Waals surface area contributed by atoms with Crippen LogP contribution in [0.2, 0.25) is 0 Å². The van der Waals surface area contributed by atoms with Gasteiger partial charge in [0.1, 0.15) is 5.76 Å². The van der Waals surface area contributed by atoms with E-state index in [0.717, 1.165) is 35.9 Å². The molecule has 2 aromatic rings. The molecular weight excluding hydrogens is 483 g/mol. The molecule has 0 atom stereocenters. The average molecular weight is 506 g/mol. The Kier molecular flexibility index (Phi) is 6.63. The highest BCUT2D eigenvalue weighted by Crippen LogP contribution is 2.32. The Hall–Kier alpha value is -0.650. The summed E-state index contributed by atoms with van der Waals surface area (Å²) in [7, 11) is 0. The molecule has 6 nitrogen and oxygen atoms in total. The van der Waals surface area contributed by atoms with Crippen LogP contribution in [-0.2, 0) is 16.0 Å². The Balaban J connectivity index is 1.50. The molecule has 2 aromatic heterocycles. The Labute approximate surface area is 176 Å². The van der Waals surface area contributed by atoms with E-state index in [1.165, 1.54) is 11.3 Å². The summed E-state index contributed by atoms with van der Waals surface area (Å²) in [6.07, 6.45) is 5.41. The Bertz CT molecular complexity index is 748. The van der Waals surface area contributed by atoms with E-state index in [1.54, 1.807) is 24.2 Å². The largest absolute Gasteiger partial charge is 0.444 e. The fraction of sp³-hybridized carbons (Fsp3) is 0.588. The van der Waals surface area contributed by atoms with Gasteiger partial charge in [-0.05, 0) is 12.8 Å². The Morgan fingerprint density at radius 1 is 1.38 bits per heavy atom. The van der Waals surface area contributed by atoms with Crippen LogP contribution >= 0.6 is 46.0 Å². The molecule has 3 rings (SSSR count). The van der Waals surface area contributed by atoms with E-state index in [2.05, 4.69) is 62.0 Å². The number of thiazole rings is 1. The van der Waals surface area contributed by atoms with Crippen LogP contribution in [0.1, 0.15) is 45.3 Å². The number of hydrogen-bond donors (Lipinski definition) is 1. The zero-order valence-electron chi connectivity index (χ0n) is 15.1. The molecule has 1 saturated heterocycles. The van der Waals surface area contributed by atoms with Crippen LogP contribution in [0.5, 0.6) is 0 Å². The van der Waals surface area contributed by atoms with Gasteiger partial charge in [0, 0.05) is 47.3 Å². The highest BCUT2D eigenvalue weighted by molar-refractivity contribution is 14.1. The number of anilines is 1. The molecule has 0 saturated carbocycles. The molecule has 0 radical (unpaired) electrons. The number of thioether (sulfide) groups is 1. The van der Waals surface area contributed by atoms with E-state index < -0.39 is 0 Å². The second kappa shape index (κ2) is 8.57. The van der Waals surface area contributed by atoms with E-state index in [-0.39, 0.29) is 17.2 Å². The van der Waals surface area contributed by atoms with Gasteiger partial charge in [0.15, 0.2) is 5.13 Å². The Morgan fingerprint density at radius 3 is 2.77 bits per heavy atom. The number of aromatic nitrogens is 2. The van der Waals surface area contributed by atoms with E-state index in [0.29, 0.717) is 16.8 Å². The molecule has 1 N–H and O–H groups in total. The number of carbonyl (C=O) groups is 1. The maximum atomic E-state index is 12.4. The Morgan fingerprint density at radius 2 is 2.12 bits per heavy atom. The molecule has 0 bridgehead atoms. The van der Waals surface area contributed by atoms with Gasteiger partial charge in [-0.15, -0.1) is 11.8 Å². The third kappa shape index (κ3) is 5.43. The molecule has 0 aliphatic carbocycles. The van der Waals surface area contributed by atoms with Crippen molar-refractivity contribution in [1.82, 2.24) is 13.1 Å². The van der Waals surface area contributed by atoms with Crippen molar-refractivity contribution in [2.45, 2.75) is 49.0 Å². The van der Waals surface area contributed by atoms with Crippen LogP contribution < -0.4 is 5.32 Å². The number of nitrogens with zero attached hydrogens (tertiary/aromatic N) is 3. The highest BCUT2D eigenvalue weighted by Gasteiger charge is 2.24. The van der Waals surface area contributed by atoms with Crippen molar-refractivity contribution in [3.63, 3.8) is 0 Å². The van der Waals surface area contributed by atoms with E-state index in [9.17, 15) is 4.79 Å². The SMILES string of the molecule is CC(C)(C)c1cnc(CSc2cnc(NC(=O)C3CCN(I)CC3)s2)o1. The lowest BCUT2D eigenvalue weighted by atomic mass is 9.94. The third-order valence-corrected chi connectivity index (χ3v) is 7.21. The fourth-order valence-electron chi connectivity index (χ4n) is 2.56. The van der Waals surface area contributed by atoms with Crippen molar-refractivity contribution in [3.05, 3.63) is 24.0 Å². The minimum atomic E-state index is -0.0364. The van der Waals surface area contributed by atoms with E-state index in [4.69, 9.17) is 4.42 Å². The first kappa shape index (κ1) is 20.1. The smallest absolute Gasteiger partial charge is 0.229 e. The molecule has 0 spiro atoms. The predicted octanol–water partition coefficient (Wildman–Crippen LogP) is 4.72. The van der Waals surface area contributed by atoms with Crippen molar-refractivity contribution < 1.29 is 9.21 Å². The molecule has 0 aromatic carbocycles. The van der Waals surface area contributed by atoms with Crippen molar-refractivity contribution in [1.29, 1.82) is 0 Å². The number of nitrogens with one attached hydrogen (secondary N) is 1. The van der Waals surface area contributed by atoms with Crippen molar-refractivity contribution in [3.8, 4) is 0 Å². The van der Waals surface area contributed by atoms with Crippen LogP contribution in [0.15, 0.2) is 21.0 Å². The molecule has 142 valence electrons. The van der Waals surface area contributed by atoms with Gasteiger partial charge in [-0.2, -0.15) is 0 Å². The first-order chi connectivity index (χ1) is 12.3. The first-order valence-corrected chi connectivity index (χ1v) is 11.3. The van der Waals surface area contributed by atoms with Crippen molar-refractivity contribution in [2.24, 2.45) is 5.92 Å². The maximum absolute atomic E-state index is 12.4. The lowest BCUT2D eigenvalue weighted by Gasteiger charge is -2.26. The number of amides is 1. The van der Waals surface area contributed by atoms with Gasteiger partial charge in [-0.3, -0.25) is 4.79 Å². The number of piperidine rings is 1. The average Bonchev–Trinajstić information content (AvgIpc) is 3.22. The standard InChI is InChI=1S/C17H23IN4O2S2/c1-17(2,3)12-8-19-13(24-12)10-25-14-9-20-16(26-14)21-15(23)11-4-6-22(18)7-5-11/h8-9,11H,4-7,10H2,1-3H3,(H,20,21,23). The molecule has 1 aliphatic heterocycles. The molecule has 9 heteroatoms. The molecule has 1 fully saturated rings. The molecular formula is C17H23IN4O2S2. The minimum Gasteiger partial charge on any atom is -0.444 e. The second-order valence-corrected chi connectivity index (χ2v) is 11.0. The fourth-order valence-corrected chi connectivity index (χ4v) is 4.84. The summed E-state index contributed by atoms with van der Waals surface area (Å²) in [4.78, 5) is 21.0. The summed E-state index contributed by atoms with van der Waals surface area (Å²) in [6, 6.07) is 0. The molecule has 26 heavy (non-hydrogen) atoms. The van der Waals surface area contributed by atoms with Crippen LogP contribution in [0.25, 0.3) is 0 Å². The van der Waals surface area contributed by atoms with Gasteiger partial charge in [0.05, 0.1) is 22.4 Å². The number of rotatable bonds is 5. The number of halogens is 1. The van der Waals surface area contributed by atoms with Gasteiger partial charge in [-0.1, -0.05) is 32.1 Å². The number of hydrogen-bond acceptors (Lipinski definition) is 7. The van der Waals surface area contributed by atoms with Crippen LogP contribution in [-0.4, -0.2) is 32.1 Å². The summed E-state index contributed by atoms with van der Waals surface area (Å²) < 4.78 is 9.08. The topological polar surface area (TPSA) is 71.3 Å². The van der Waals surface area contributed by atoms with Gasteiger partial charge in [0.2, 0.25) is 11.8 Å². The van der Waals surface area contributed by atoms with Crippen molar-refractivity contribution in [2.75, 3.05) is 18.4 Å². The summed E-state index contributed by atoms with van der Waals surface area (Å²) in [5.74, 6) is 2.43. The van der Waals surface area contributed by atoms with E-state index >= 15 is 0 Å². The van der Waals surface area contributed by atoms with Gasteiger partial charge < -0.3 is 9.73 Å². The summed E-state index contributed by atoms with van der Waals surface area (Å²) in [5, 5.41) is 3.63. The third-order valence-electron chi connectivity index (χ3n) is 4.16. The number of carbonyl (C=O) groups excluding carboxylic acids is 1. The predicted molar refractivity (Wildman–Crippen MR) is 114 cm³/mol. The monoisotopic (exact) mass is 506 g/mol. The lowest BCUT2D eigenvalue weighted by Crippen LogP contribution is -2.33. The van der Waals surface area contributed by atoms with Gasteiger partial charge in [-0.25, -0.2) is 13.1 Å². The minimum absolute atomic E-state index is 0.0364. The van der Waals surface area contributed by atoms with Crippen molar-refractivity contribution >= 4 is 57.0 Å². The normalized spacial score (nSPS) is 16.8. The summed E-state index contributed by atoms with van der Waals surface area (Å²) in [6.45, 7) is 8.24. The molecule has 1 amide bonds. The highest BCUT2D eigenvalue weighted by atomic mass is 127. The second-order valence-electron chi connectivity index (χ2n) is 7.31. The quantitative estimate of drug-likeness (QED) is 0.360. The van der Waals surface area contributed by atoms with Gasteiger partial charge >= 0.3 is 0 Å². The molecule has 3 heterocycles. The zero-order chi connectivity index (χ0) is 18.7.